The van der Waals surface area contributed by atoms with E-state index in [0.717, 1.165) is 19.7 Å². The van der Waals surface area contributed by atoms with Gasteiger partial charge in [0, 0.05) is 19.1 Å². The Hall–Kier alpha value is -0.860. The van der Waals surface area contributed by atoms with Crippen LogP contribution < -0.4 is 5.32 Å². The van der Waals surface area contributed by atoms with Gasteiger partial charge < -0.3 is 10.1 Å². The number of rotatable bonds is 4. The van der Waals surface area contributed by atoms with Crippen molar-refractivity contribution < 1.29 is 4.74 Å². The molecule has 1 aromatic rings. The summed E-state index contributed by atoms with van der Waals surface area (Å²) >= 11 is 0. The number of nitrogens with one attached hydrogen (secondary N) is 1. The first-order valence-electron chi connectivity index (χ1n) is 6.62. The zero-order valence-corrected chi connectivity index (χ0v) is 11.1. The molecule has 1 aliphatic rings. The molecule has 2 rings (SSSR count). The molecule has 0 spiro atoms. The molecule has 0 amide bonds. The average Bonchev–Trinajstić information content (AvgIpc) is 2.78. The van der Waals surface area contributed by atoms with Gasteiger partial charge in [-0.1, -0.05) is 25.1 Å². The maximum atomic E-state index is 5.90. The fraction of sp³-hybridized carbons (Fsp3) is 0.600. The van der Waals surface area contributed by atoms with E-state index in [2.05, 4.69) is 44.3 Å². The number of hydrogen-bond acceptors (Lipinski definition) is 2. The van der Waals surface area contributed by atoms with Crippen molar-refractivity contribution in [2.45, 2.75) is 33.3 Å². The van der Waals surface area contributed by atoms with E-state index in [0.29, 0.717) is 5.92 Å². The molecule has 0 aromatic heterocycles. The SMILES string of the molecule is CCNCC1CCOC1c1ccc(C)c(C)c1. The highest BCUT2D eigenvalue weighted by Crippen LogP contribution is 2.34. The molecule has 2 heteroatoms. The van der Waals surface area contributed by atoms with Crippen LogP contribution in [0.25, 0.3) is 0 Å². The molecule has 2 unspecified atom stereocenters. The Morgan fingerprint density at radius 2 is 2.12 bits per heavy atom. The standard InChI is InChI=1S/C15H23NO/c1-4-16-10-14-7-8-17-15(14)13-6-5-11(2)12(3)9-13/h5-6,9,14-16H,4,7-8,10H2,1-3H3. The van der Waals surface area contributed by atoms with Crippen LogP contribution in [0, 0.1) is 19.8 Å². The van der Waals surface area contributed by atoms with Gasteiger partial charge in [0.1, 0.15) is 0 Å². The molecule has 0 aliphatic carbocycles. The van der Waals surface area contributed by atoms with E-state index in [1.165, 1.54) is 23.1 Å². The van der Waals surface area contributed by atoms with Gasteiger partial charge in [-0.05, 0) is 43.5 Å². The van der Waals surface area contributed by atoms with Crippen LogP contribution in [0.2, 0.25) is 0 Å². The Kier molecular flexibility index (Phi) is 4.19. The Morgan fingerprint density at radius 1 is 1.29 bits per heavy atom. The lowest BCUT2D eigenvalue weighted by Gasteiger charge is -2.20. The highest BCUT2D eigenvalue weighted by Gasteiger charge is 2.29. The maximum Gasteiger partial charge on any atom is 0.0866 e. The van der Waals surface area contributed by atoms with Gasteiger partial charge in [-0.3, -0.25) is 0 Å². The van der Waals surface area contributed by atoms with Crippen LogP contribution in [0.15, 0.2) is 18.2 Å². The zero-order chi connectivity index (χ0) is 12.3. The van der Waals surface area contributed by atoms with Gasteiger partial charge in [0.2, 0.25) is 0 Å². The van der Waals surface area contributed by atoms with E-state index in [4.69, 9.17) is 4.74 Å². The van der Waals surface area contributed by atoms with Gasteiger partial charge in [0.15, 0.2) is 0 Å². The summed E-state index contributed by atoms with van der Waals surface area (Å²) in [4.78, 5) is 0. The molecule has 1 aliphatic heterocycles. The summed E-state index contributed by atoms with van der Waals surface area (Å²) < 4.78 is 5.90. The van der Waals surface area contributed by atoms with Gasteiger partial charge in [-0.2, -0.15) is 0 Å². The lowest BCUT2D eigenvalue weighted by atomic mass is 9.93. The van der Waals surface area contributed by atoms with E-state index >= 15 is 0 Å². The summed E-state index contributed by atoms with van der Waals surface area (Å²) in [7, 11) is 0. The topological polar surface area (TPSA) is 21.3 Å². The minimum Gasteiger partial charge on any atom is -0.373 e. The number of benzene rings is 1. The summed E-state index contributed by atoms with van der Waals surface area (Å²) in [5.74, 6) is 0.622. The van der Waals surface area contributed by atoms with E-state index in [9.17, 15) is 0 Å². The summed E-state index contributed by atoms with van der Waals surface area (Å²) in [6.45, 7) is 9.48. The van der Waals surface area contributed by atoms with Crippen molar-refractivity contribution in [3.8, 4) is 0 Å². The van der Waals surface area contributed by atoms with Crippen LogP contribution in [0.4, 0.5) is 0 Å². The summed E-state index contributed by atoms with van der Waals surface area (Å²) in [5, 5.41) is 3.44. The molecule has 0 bridgehead atoms. The van der Waals surface area contributed by atoms with Crippen molar-refractivity contribution in [3.63, 3.8) is 0 Å². The lowest BCUT2D eigenvalue weighted by molar-refractivity contribution is 0.0906. The molecular weight excluding hydrogens is 210 g/mol. The molecule has 1 fully saturated rings. The fourth-order valence-electron chi connectivity index (χ4n) is 2.48. The van der Waals surface area contributed by atoms with Crippen LogP contribution in [0.3, 0.4) is 0 Å². The van der Waals surface area contributed by atoms with E-state index in [1.54, 1.807) is 0 Å². The molecule has 1 N–H and O–H groups in total. The molecule has 0 radical (unpaired) electrons. The Morgan fingerprint density at radius 3 is 2.82 bits per heavy atom. The molecular formula is C15H23NO. The molecule has 2 nitrogen and oxygen atoms in total. The third kappa shape index (κ3) is 2.88. The molecule has 94 valence electrons. The lowest BCUT2D eigenvalue weighted by Crippen LogP contribution is -2.24. The first-order chi connectivity index (χ1) is 8.22. The van der Waals surface area contributed by atoms with Gasteiger partial charge >= 0.3 is 0 Å². The molecule has 17 heavy (non-hydrogen) atoms. The molecule has 2 atom stereocenters. The normalized spacial score (nSPS) is 24.2. The summed E-state index contributed by atoms with van der Waals surface area (Å²) in [6.07, 6.45) is 1.46. The third-order valence-corrected chi connectivity index (χ3v) is 3.73. The Bertz CT molecular complexity index is 375. The molecule has 0 saturated carbocycles. The monoisotopic (exact) mass is 233 g/mol. The largest absolute Gasteiger partial charge is 0.373 e. The smallest absolute Gasteiger partial charge is 0.0866 e. The van der Waals surface area contributed by atoms with Crippen molar-refractivity contribution in [2.24, 2.45) is 5.92 Å². The van der Waals surface area contributed by atoms with Crippen LogP contribution in [-0.2, 0) is 4.74 Å². The second-order valence-electron chi connectivity index (χ2n) is 4.99. The second-order valence-corrected chi connectivity index (χ2v) is 4.99. The van der Waals surface area contributed by atoms with Gasteiger partial charge in [-0.15, -0.1) is 0 Å². The number of aryl methyl sites for hydroxylation is 2. The van der Waals surface area contributed by atoms with Crippen molar-refractivity contribution in [2.75, 3.05) is 19.7 Å². The van der Waals surface area contributed by atoms with Gasteiger partial charge in [0.25, 0.3) is 0 Å². The zero-order valence-electron chi connectivity index (χ0n) is 11.1. The van der Waals surface area contributed by atoms with Crippen molar-refractivity contribution in [3.05, 3.63) is 34.9 Å². The highest BCUT2D eigenvalue weighted by atomic mass is 16.5. The van der Waals surface area contributed by atoms with Crippen molar-refractivity contribution in [1.29, 1.82) is 0 Å². The van der Waals surface area contributed by atoms with Gasteiger partial charge in [0.05, 0.1) is 6.10 Å². The number of hydrogen-bond donors (Lipinski definition) is 1. The quantitative estimate of drug-likeness (QED) is 0.863. The maximum absolute atomic E-state index is 5.90. The van der Waals surface area contributed by atoms with E-state index in [1.807, 2.05) is 0 Å². The van der Waals surface area contributed by atoms with Gasteiger partial charge in [-0.25, -0.2) is 0 Å². The molecule has 1 saturated heterocycles. The van der Waals surface area contributed by atoms with Crippen LogP contribution in [-0.4, -0.2) is 19.7 Å². The Labute approximate surface area is 104 Å². The predicted molar refractivity (Wildman–Crippen MR) is 71.3 cm³/mol. The average molecular weight is 233 g/mol. The highest BCUT2D eigenvalue weighted by molar-refractivity contribution is 5.31. The fourth-order valence-corrected chi connectivity index (χ4v) is 2.48. The molecule has 1 heterocycles. The summed E-state index contributed by atoms with van der Waals surface area (Å²) in [5.41, 5.74) is 4.06. The van der Waals surface area contributed by atoms with E-state index in [-0.39, 0.29) is 6.10 Å². The minimum atomic E-state index is 0.286. The predicted octanol–water partition coefficient (Wildman–Crippen LogP) is 2.99. The van der Waals surface area contributed by atoms with Crippen molar-refractivity contribution >= 4 is 0 Å². The number of ether oxygens (including phenoxy) is 1. The van der Waals surface area contributed by atoms with Crippen LogP contribution in [0.5, 0.6) is 0 Å². The first kappa shape index (κ1) is 12.6. The Balaban J connectivity index is 2.11. The van der Waals surface area contributed by atoms with E-state index < -0.39 is 0 Å². The third-order valence-electron chi connectivity index (χ3n) is 3.73. The second kappa shape index (κ2) is 5.65. The first-order valence-corrected chi connectivity index (χ1v) is 6.62. The minimum absolute atomic E-state index is 0.286. The molecule has 1 aromatic carbocycles. The summed E-state index contributed by atoms with van der Waals surface area (Å²) in [6, 6.07) is 6.71. The van der Waals surface area contributed by atoms with Crippen molar-refractivity contribution in [1.82, 2.24) is 5.32 Å². The van der Waals surface area contributed by atoms with Crippen LogP contribution in [0.1, 0.15) is 36.1 Å². The van der Waals surface area contributed by atoms with Crippen LogP contribution >= 0.6 is 0 Å².